The number of carbonyl (C=O) groups is 3. The number of carbonyl (C=O) groups excluding carboxylic acids is 3. The second-order valence-corrected chi connectivity index (χ2v) is 8.40. The van der Waals surface area contributed by atoms with E-state index in [4.69, 9.17) is 0 Å². The predicted octanol–water partition coefficient (Wildman–Crippen LogP) is 6.49. The zero-order valence-corrected chi connectivity index (χ0v) is 20.1. The van der Waals surface area contributed by atoms with Crippen molar-refractivity contribution in [3.05, 3.63) is 83.4 Å². The molecule has 3 aromatic carbocycles. The number of hydrogen-bond acceptors (Lipinski definition) is 5. The highest BCUT2D eigenvalue weighted by Gasteiger charge is 2.42. The van der Waals surface area contributed by atoms with E-state index in [9.17, 15) is 27.6 Å². The normalized spacial score (nSPS) is 12.2. The van der Waals surface area contributed by atoms with Gasteiger partial charge in [-0.15, -0.1) is 0 Å². The Bertz CT molecular complexity index is 1540. The fourth-order valence-corrected chi connectivity index (χ4v) is 4.24. The summed E-state index contributed by atoms with van der Waals surface area (Å²) in [5.74, 6) is -3.28. The van der Waals surface area contributed by atoms with Gasteiger partial charge in [-0.3, -0.25) is 9.59 Å². The molecule has 0 atom stereocenters. The minimum atomic E-state index is -5.22. The van der Waals surface area contributed by atoms with E-state index in [2.05, 4.69) is 9.99 Å². The monoisotopic (exact) mass is 508 g/mol. The molecule has 190 valence electrons. The first-order valence-corrected chi connectivity index (χ1v) is 11.7. The smallest absolute Gasteiger partial charge is 0.341 e. The van der Waals surface area contributed by atoms with Gasteiger partial charge in [0.05, 0.1) is 0 Å². The summed E-state index contributed by atoms with van der Waals surface area (Å²) >= 11 is 0. The van der Waals surface area contributed by atoms with Crippen LogP contribution in [0.25, 0.3) is 21.8 Å². The zero-order chi connectivity index (χ0) is 26.7. The molecule has 0 fully saturated rings. The van der Waals surface area contributed by atoms with Crippen molar-refractivity contribution in [3.63, 3.8) is 0 Å². The van der Waals surface area contributed by atoms with Crippen molar-refractivity contribution in [3.8, 4) is 0 Å². The Morgan fingerprint density at radius 1 is 0.838 bits per heavy atom. The van der Waals surface area contributed by atoms with E-state index in [1.165, 1.54) is 0 Å². The maximum Gasteiger partial charge on any atom is 0.493 e. The number of ketones is 2. The van der Waals surface area contributed by atoms with Crippen LogP contribution in [0.2, 0.25) is 0 Å². The quantitative estimate of drug-likeness (QED) is 0.118. The van der Waals surface area contributed by atoms with Gasteiger partial charge in [-0.1, -0.05) is 48.8 Å². The van der Waals surface area contributed by atoms with Crippen molar-refractivity contribution < 1.29 is 32.4 Å². The van der Waals surface area contributed by atoms with E-state index in [1.54, 1.807) is 61.5 Å². The van der Waals surface area contributed by atoms with Gasteiger partial charge in [-0.05, 0) is 49.7 Å². The number of alkyl halides is 3. The van der Waals surface area contributed by atoms with Crippen LogP contribution in [0.3, 0.4) is 0 Å². The van der Waals surface area contributed by atoms with Gasteiger partial charge in [0.25, 0.3) is 0 Å². The lowest BCUT2D eigenvalue weighted by molar-refractivity contribution is -0.199. The number of hydrogen-bond donors (Lipinski definition) is 0. The molecule has 0 saturated heterocycles. The molecule has 0 aliphatic carbocycles. The second-order valence-electron chi connectivity index (χ2n) is 8.40. The zero-order valence-electron chi connectivity index (χ0n) is 20.1. The molecule has 0 aliphatic heterocycles. The first kappa shape index (κ1) is 25.8. The van der Waals surface area contributed by atoms with Gasteiger partial charge in [0.2, 0.25) is 5.78 Å². The van der Waals surface area contributed by atoms with Crippen molar-refractivity contribution in [2.24, 2.45) is 5.16 Å². The topological polar surface area (TPSA) is 77.7 Å². The Morgan fingerprint density at radius 2 is 1.43 bits per heavy atom. The first-order valence-electron chi connectivity index (χ1n) is 11.7. The van der Waals surface area contributed by atoms with Gasteiger partial charge in [-0.25, -0.2) is 4.79 Å². The van der Waals surface area contributed by atoms with E-state index in [-0.39, 0.29) is 23.5 Å². The number of halogens is 3. The van der Waals surface area contributed by atoms with Crippen LogP contribution in [0.15, 0.2) is 71.9 Å². The average Bonchev–Trinajstić information content (AvgIpc) is 3.22. The molecule has 0 spiro atoms. The van der Waals surface area contributed by atoms with Crippen LogP contribution in [0.5, 0.6) is 0 Å². The third kappa shape index (κ3) is 5.16. The first-order chi connectivity index (χ1) is 17.7. The van der Waals surface area contributed by atoms with Gasteiger partial charge in [0, 0.05) is 45.0 Å². The molecule has 6 nitrogen and oxygen atoms in total. The Labute approximate surface area is 210 Å². The Morgan fingerprint density at radius 3 is 2.00 bits per heavy atom. The third-order valence-corrected chi connectivity index (χ3v) is 5.96. The third-order valence-electron chi connectivity index (χ3n) is 5.96. The highest BCUT2D eigenvalue weighted by atomic mass is 19.4. The van der Waals surface area contributed by atoms with E-state index in [0.29, 0.717) is 29.5 Å². The number of rotatable bonds is 8. The standard InChI is InChI=1S/C28H23F3N2O4/c1-3-8-22(32-37-27(36)28(29,30)31)26(35)19-12-14-24-21(16-19)20-15-18(11-13-23(20)33(24)4-2)25(34)17-9-6-5-7-10-17/h5-7,9-16H,3-4,8H2,1-2H3/b32-22+. The number of aromatic nitrogens is 1. The van der Waals surface area contributed by atoms with E-state index >= 15 is 0 Å². The van der Waals surface area contributed by atoms with Crippen molar-refractivity contribution >= 4 is 45.1 Å². The lowest BCUT2D eigenvalue weighted by Crippen LogP contribution is -2.25. The van der Waals surface area contributed by atoms with E-state index in [1.807, 2.05) is 23.6 Å². The van der Waals surface area contributed by atoms with Crippen molar-refractivity contribution in [2.75, 3.05) is 0 Å². The average molecular weight is 508 g/mol. The lowest BCUT2D eigenvalue weighted by atomic mass is 9.99. The number of nitrogens with zero attached hydrogens (tertiary/aromatic N) is 2. The molecular weight excluding hydrogens is 485 g/mol. The lowest BCUT2D eigenvalue weighted by Gasteiger charge is -2.07. The molecule has 4 aromatic rings. The van der Waals surface area contributed by atoms with Crippen LogP contribution in [0.1, 0.15) is 53.0 Å². The summed E-state index contributed by atoms with van der Waals surface area (Å²) in [4.78, 5) is 41.3. The molecule has 0 radical (unpaired) electrons. The Balaban J connectivity index is 1.79. The van der Waals surface area contributed by atoms with Crippen LogP contribution < -0.4 is 0 Å². The highest BCUT2D eigenvalue weighted by Crippen LogP contribution is 2.31. The highest BCUT2D eigenvalue weighted by molar-refractivity contribution is 6.46. The minimum absolute atomic E-state index is 0.0223. The van der Waals surface area contributed by atoms with Crippen LogP contribution >= 0.6 is 0 Å². The maximum absolute atomic E-state index is 13.1. The SMILES string of the molecule is CCC/C(=N\OC(=O)C(F)(F)F)C(=O)c1ccc2c(c1)c1cc(C(=O)c3ccccc3)ccc1n2CC. The summed E-state index contributed by atoms with van der Waals surface area (Å²) in [6.07, 6.45) is -4.80. The fourth-order valence-electron chi connectivity index (χ4n) is 4.24. The van der Waals surface area contributed by atoms with E-state index < -0.39 is 17.9 Å². The van der Waals surface area contributed by atoms with Gasteiger partial charge >= 0.3 is 12.1 Å². The van der Waals surface area contributed by atoms with E-state index in [0.717, 1.165) is 16.4 Å². The van der Waals surface area contributed by atoms with Crippen LogP contribution in [0.4, 0.5) is 13.2 Å². The predicted molar refractivity (Wildman–Crippen MR) is 134 cm³/mol. The fraction of sp³-hybridized carbons (Fsp3) is 0.214. The molecule has 1 heterocycles. The molecule has 0 saturated carbocycles. The number of fused-ring (bicyclic) bond motifs is 3. The number of Topliss-reactive ketones (excluding diaryl/α,β-unsaturated/α-hetero) is 1. The van der Waals surface area contributed by atoms with Crippen molar-refractivity contribution in [1.29, 1.82) is 0 Å². The maximum atomic E-state index is 13.1. The summed E-state index contributed by atoms with van der Waals surface area (Å²) in [7, 11) is 0. The van der Waals surface area contributed by atoms with Gasteiger partial charge in [-0.2, -0.15) is 13.2 Å². The van der Waals surface area contributed by atoms with Crippen LogP contribution in [-0.2, 0) is 16.2 Å². The largest absolute Gasteiger partial charge is 0.493 e. The summed E-state index contributed by atoms with van der Waals surface area (Å²) in [5.41, 5.74) is 2.61. The van der Waals surface area contributed by atoms with Gasteiger partial charge < -0.3 is 9.40 Å². The summed E-state index contributed by atoms with van der Waals surface area (Å²) in [6, 6.07) is 19.2. The molecular formula is C28H23F3N2O4. The Hall–Kier alpha value is -4.27. The summed E-state index contributed by atoms with van der Waals surface area (Å²) < 4.78 is 39.6. The van der Waals surface area contributed by atoms with Gasteiger partial charge in [0.1, 0.15) is 5.71 Å². The second kappa shape index (κ2) is 10.4. The summed E-state index contributed by atoms with van der Waals surface area (Å²) in [5, 5.41) is 4.70. The molecule has 37 heavy (non-hydrogen) atoms. The van der Waals surface area contributed by atoms with Crippen molar-refractivity contribution in [2.45, 2.75) is 39.4 Å². The number of aryl methyl sites for hydroxylation is 1. The summed E-state index contributed by atoms with van der Waals surface area (Å²) in [6.45, 7) is 4.33. The van der Waals surface area contributed by atoms with Crippen LogP contribution in [-0.4, -0.2) is 34.0 Å². The number of benzene rings is 3. The molecule has 0 amide bonds. The molecule has 4 rings (SSSR count). The Kier molecular flexibility index (Phi) is 7.24. The number of oxime groups is 1. The van der Waals surface area contributed by atoms with Gasteiger partial charge in [0.15, 0.2) is 5.78 Å². The minimum Gasteiger partial charge on any atom is -0.341 e. The van der Waals surface area contributed by atoms with Crippen LogP contribution in [0, 0.1) is 0 Å². The molecule has 9 heteroatoms. The molecule has 1 aromatic heterocycles. The van der Waals surface area contributed by atoms with Crippen molar-refractivity contribution in [1.82, 2.24) is 4.57 Å². The molecule has 0 unspecified atom stereocenters. The molecule has 0 bridgehead atoms. The molecule has 0 N–H and O–H groups in total. The molecule has 0 aliphatic rings.